The van der Waals surface area contributed by atoms with Gasteiger partial charge < -0.3 is 9.30 Å². The summed E-state index contributed by atoms with van der Waals surface area (Å²) in [6.07, 6.45) is 10.6. The first kappa shape index (κ1) is 22.5. The molecule has 0 bridgehead atoms. The Morgan fingerprint density at radius 2 is 1.73 bits per heavy atom. The SMILES string of the molecule is CCCCOc1ccc(C=Cc2nc(-c3ccc(Cl)cc3Cl)cn2CCCC)cc1. The summed E-state index contributed by atoms with van der Waals surface area (Å²) in [6.45, 7) is 6.02. The molecule has 0 fully saturated rings. The summed E-state index contributed by atoms with van der Waals surface area (Å²) in [4.78, 5) is 4.83. The van der Waals surface area contributed by atoms with Crippen LogP contribution >= 0.6 is 23.2 Å². The number of unbranched alkanes of at least 4 members (excludes halogenated alkanes) is 2. The minimum absolute atomic E-state index is 0.608. The fourth-order valence-corrected chi connectivity index (χ4v) is 3.58. The molecule has 5 heteroatoms. The zero-order valence-corrected chi connectivity index (χ0v) is 19.1. The molecule has 1 heterocycles. The second-order valence-corrected chi connectivity index (χ2v) is 8.10. The number of ether oxygens (including phenoxy) is 1. The number of aryl methyl sites for hydroxylation is 1. The molecule has 0 atom stereocenters. The predicted molar refractivity (Wildman–Crippen MR) is 128 cm³/mol. The van der Waals surface area contributed by atoms with E-state index in [0.29, 0.717) is 10.0 Å². The Bertz CT molecular complexity index is 977. The van der Waals surface area contributed by atoms with Gasteiger partial charge in [-0.05, 0) is 54.8 Å². The lowest BCUT2D eigenvalue weighted by atomic mass is 10.2. The van der Waals surface area contributed by atoms with E-state index in [1.807, 2.05) is 24.3 Å². The van der Waals surface area contributed by atoms with Crippen LogP contribution in [0.5, 0.6) is 5.75 Å². The van der Waals surface area contributed by atoms with Crippen LogP contribution in [0.3, 0.4) is 0 Å². The van der Waals surface area contributed by atoms with Crippen molar-refractivity contribution in [1.29, 1.82) is 0 Å². The van der Waals surface area contributed by atoms with E-state index in [9.17, 15) is 0 Å². The van der Waals surface area contributed by atoms with Gasteiger partial charge in [0.2, 0.25) is 0 Å². The van der Waals surface area contributed by atoms with Gasteiger partial charge in [-0.3, -0.25) is 0 Å². The average Bonchev–Trinajstić information content (AvgIpc) is 3.14. The predicted octanol–water partition coefficient (Wildman–Crippen LogP) is 8.01. The monoisotopic (exact) mass is 442 g/mol. The third kappa shape index (κ3) is 6.13. The Balaban J connectivity index is 1.80. The van der Waals surface area contributed by atoms with Crippen molar-refractivity contribution in [3.8, 4) is 17.0 Å². The highest BCUT2D eigenvalue weighted by Gasteiger charge is 2.11. The Kier molecular flexibility index (Phi) is 8.41. The third-order valence-electron chi connectivity index (χ3n) is 4.84. The number of benzene rings is 2. The molecule has 0 aliphatic heterocycles. The first-order valence-electron chi connectivity index (χ1n) is 10.5. The van der Waals surface area contributed by atoms with Crippen LogP contribution in [0.4, 0.5) is 0 Å². The van der Waals surface area contributed by atoms with Gasteiger partial charge in [-0.25, -0.2) is 4.98 Å². The number of halogens is 2. The molecule has 1 aromatic heterocycles. The highest BCUT2D eigenvalue weighted by molar-refractivity contribution is 6.36. The molecule has 0 spiro atoms. The molecule has 2 aromatic carbocycles. The van der Waals surface area contributed by atoms with E-state index in [2.05, 4.69) is 48.9 Å². The number of aromatic nitrogens is 2. The van der Waals surface area contributed by atoms with Gasteiger partial charge in [-0.2, -0.15) is 0 Å². The van der Waals surface area contributed by atoms with Crippen LogP contribution in [-0.4, -0.2) is 16.2 Å². The average molecular weight is 443 g/mol. The first-order valence-corrected chi connectivity index (χ1v) is 11.3. The smallest absolute Gasteiger partial charge is 0.133 e. The molecule has 0 amide bonds. The number of imidazole rings is 1. The van der Waals surface area contributed by atoms with Crippen molar-refractivity contribution in [3.63, 3.8) is 0 Å². The van der Waals surface area contributed by atoms with Crippen LogP contribution in [-0.2, 0) is 6.54 Å². The molecule has 0 saturated heterocycles. The molecule has 0 N–H and O–H groups in total. The van der Waals surface area contributed by atoms with Crippen molar-refractivity contribution in [2.24, 2.45) is 0 Å². The van der Waals surface area contributed by atoms with Gasteiger partial charge in [0.05, 0.1) is 17.3 Å². The fourth-order valence-electron chi connectivity index (χ4n) is 3.08. The summed E-state index contributed by atoms with van der Waals surface area (Å²) in [5, 5.41) is 1.23. The maximum absolute atomic E-state index is 6.40. The summed E-state index contributed by atoms with van der Waals surface area (Å²) >= 11 is 12.4. The molecule has 0 aliphatic rings. The molecule has 0 saturated carbocycles. The Morgan fingerprint density at radius 3 is 2.43 bits per heavy atom. The number of rotatable bonds is 10. The number of hydrogen-bond acceptors (Lipinski definition) is 2. The van der Waals surface area contributed by atoms with Crippen molar-refractivity contribution >= 4 is 35.4 Å². The molecule has 158 valence electrons. The van der Waals surface area contributed by atoms with E-state index in [-0.39, 0.29) is 0 Å². The van der Waals surface area contributed by atoms with Crippen molar-refractivity contribution in [3.05, 3.63) is 70.1 Å². The van der Waals surface area contributed by atoms with Crippen LogP contribution in [0.2, 0.25) is 10.0 Å². The van der Waals surface area contributed by atoms with Crippen LogP contribution in [0.15, 0.2) is 48.7 Å². The second kappa shape index (κ2) is 11.2. The maximum Gasteiger partial charge on any atom is 0.133 e. The summed E-state index contributed by atoms with van der Waals surface area (Å²) in [7, 11) is 0. The fraction of sp³-hybridized carbons (Fsp3) is 0.320. The molecule has 0 radical (unpaired) electrons. The first-order chi connectivity index (χ1) is 14.6. The van der Waals surface area contributed by atoms with E-state index in [0.717, 1.165) is 67.2 Å². The number of nitrogens with zero attached hydrogens (tertiary/aromatic N) is 2. The Hall–Kier alpha value is -2.23. The zero-order chi connectivity index (χ0) is 21.3. The molecule has 3 nitrogen and oxygen atoms in total. The topological polar surface area (TPSA) is 27.1 Å². The van der Waals surface area contributed by atoms with Gasteiger partial charge in [-0.15, -0.1) is 0 Å². The van der Waals surface area contributed by atoms with Crippen LogP contribution < -0.4 is 4.74 Å². The molecule has 0 unspecified atom stereocenters. The standard InChI is InChI=1S/C25H28Cl2N2O/c1-3-5-15-29-18-24(22-13-10-20(26)17-23(22)27)28-25(29)14-9-19-7-11-21(12-8-19)30-16-6-4-2/h7-14,17-18H,3-6,15-16H2,1-2H3. The molecule has 0 aliphatic carbocycles. The Morgan fingerprint density at radius 1 is 0.967 bits per heavy atom. The summed E-state index contributed by atoms with van der Waals surface area (Å²) in [5.41, 5.74) is 2.85. The van der Waals surface area contributed by atoms with Gasteiger partial charge in [0.1, 0.15) is 11.6 Å². The molecule has 30 heavy (non-hydrogen) atoms. The lowest BCUT2D eigenvalue weighted by Gasteiger charge is -2.05. The van der Waals surface area contributed by atoms with Gasteiger partial charge >= 0.3 is 0 Å². The highest BCUT2D eigenvalue weighted by Crippen LogP contribution is 2.30. The van der Waals surface area contributed by atoms with Crippen molar-refractivity contribution in [2.75, 3.05) is 6.61 Å². The molecular weight excluding hydrogens is 415 g/mol. The number of hydrogen-bond donors (Lipinski definition) is 0. The van der Waals surface area contributed by atoms with E-state index in [1.54, 1.807) is 6.07 Å². The van der Waals surface area contributed by atoms with E-state index >= 15 is 0 Å². The normalized spacial score (nSPS) is 11.3. The summed E-state index contributed by atoms with van der Waals surface area (Å²) in [6, 6.07) is 13.7. The van der Waals surface area contributed by atoms with E-state index in [4.69, 9.17) is 32.9 Å². The van der Waals surface area contributed by atoms with Gasteiger partial charge in [0.25, 0.3) is 0 Å². The lowest BCUT2D eigenvalue weighted by Crippen LogP contribution is -1.98. The zero-order valence-electron chi connectivity index (χ0n) is 17.6. The van der Waals surface area contributed by atoms with Crippen molar-refractivity contribution < 1.29 is 4.74 Å². The van der Waals surface area contributed by atoms with E-state index in [1.165, 1.54) is 0 Å². The largest absolute Gasteiger partial charge is 0.494 e. The molecular formula is C25H28Cl2N2O. The van der Waals surface area contributed by atoms with Crippen LogP contribution in [0.25, 0.3) is 23.4 Å². The van der Waals surface area contributed by atoms with Crippen molar-refractivity contribution in [1.82, 2.24) is 9.55 Å². The summed E-state index contributed by atoms with van der Waals surface area (Å²) < 4.78 is 7.92. The van der Waals surface area contributed by atoms with Crippen LogP contribution in [0, 0.1) is 0 Å². The van der Waals surface area contributed by atoms with Gasteiger partial charge in [0.15, 0.2) is 0 Å². The third-order valence-corrected chi connectivity index (χ3v) is 5.39. The molecule has 3 rings (SSSR count). The van der Waals surface area contributed by atoms with Gasteiger partial charge in [0, 0.05) is 23.3 Å². The van der Waals surface area contributed by atoms with E-state index < -0.39 is 0 Å². The quantitative estimate of drug-likeness (QED) is 0.297. The minimum Gasteiger partial charge on any atom is -0.494 e. The maximum atomic E-state index is 6.40. The Labute approximate surface area is 189 Å². The van der Waals surface area contributed by atoms with Crippen molar-refractivity contribution in [2.45, 2.75) is 46.1 Å². The van der Waals surface area contributed by atoms with Crippen LogP contribution in [0.1, 0.15) is 50.9 Å². The summed E-state index contributed by atoms with van der Waals surface area (Å²) in [5.74, 6) is 1.82. The second-order valence-electron chi connectivity index (χ2n) is 7.26. The highest BCUT2D eigenvalue weighted by atomic mass is 35.5. The molecule has 3 aromatic rings. The van der Waals surface area contributed by atoms with Gasteiger partial charge in [-0.1, -0.05) is 68.1 Å². The lowest BCUT2D eigenvalue weighted by molar-refractivity contribution is 0.309. The minimum atomic E-state index is 0.608.